The molecule has 0 aromatic heterocycles. The second kappa shape index (κ2) is 7.04. The number of halogens is 1. The van der Waals surface area contributed by atoms with Crippen LogP contribution in [0, 0.1) is 11.8 Å². The van der Waals surface area contributed by atoms with Crippen LogP contribution in [0.5, 0.6) is 5.75 Å². The summed E-state index contributed by atoms with van der Waals surface area (Å²) < 4.78 is 5.77. The van der Waals surface area contributed by atoms with Gasteiger partial charge in [-0.15, -0.1) is 11.6 Å². The number of hydrogen-bond donors (Lipinski definition) is 0. The average Bonchev–Trinajstić information content (AvgIpc) is 2.42. The topological polar surface area (TPSA) is 9.23 Å². The lowest BCUT2D eigenvalue weighted by Crippen LogP contribution is -2.26. The zero-order chi connectivity index (χ0) is 12.8. The molecule has 0 radical (unpaired) electrons. The second-order valence-corrected chi connectivity index (χ2v) is 5.87. The number of benzene rings is 1. The van der Waals surface area contributed by atoms with Gasteiger partial charge in [-0.25, -0.2) is 0 Å². The van der Waals surface area contributed by atoms with E-state index in [4.69, 9.17) is 16.3 Å². The van der Waals surface area contributed by atoms with Crippen molar-refractivity contribution in [3.63, 3.8) is 0 Å². The minimum atomic E-state index is 0.354. The molecule has 100 valence electrons. The largest absolute Gasteiger partial charge is 0.494 e. The van der Waals surface area contributed by atoms with E-state index in [0.717, 1.165) is 24.7 Å². The maximum absolute atomic E-state index is 6.43. The fourth-order valence-electron chi connectivity index (χ4n) is 2.84. The standard InChI is InChI=1S/C16H23ClO/c1-2-13-8-9-16(17)14(12-13)10-11-18-15-6-4-3-5-7-15/h3-7,13-14,16H,2,8-12H2,1H3. The summed E-state index contributed by atoms with van der Waals surface area (Å²) in [6.07, 6.45) is 6.14. The van der Waals surface area contributed by atoms with Gasteiger partial charge in [0.1, 0.15) is 5.75 Å². The highest BCUT2D eigenvalue weighted by molar-refractivity contribution is 6.20. The van der Waals surface area contributed by atoms with Gasteiger partial charge in [-0.3, -0.25) is 0 Å². The third-order valence-corrected chi connectivity index (χ3v) is 4.65. The third kappa shape index (κ3) is 3.91. The fourth-order valence-corrected chi connectivity index (χ4v) is 3.19. The van der Waals surface area contributed by atoms with Crippen LogP contribution in [0.4, 0.5) is 0 Å². The van der Waals surface area contributed by atoms with Crippen molar-refractivity contribution in [1.82, 2.24) is 0 Å². The van der Waals surface area contributed by atoms with Crippen molar-refractivity contribution in [2.24, 2.45) is 11.8 Å². The molecule has 0 N–H and O–H groups in total. The smallest absolute Gasteiger partial charge is 0.119 e. The summed E-state index contributed by atoms with van der Waals surface area (Å²) in [5.74, 6) is 2.47. The highest BCUT2D eigenvalue weighted by Crippen LogP contribution is 2.36. The molecule has 0 saturated heterocycles. The highest BCUT2D eigenvalue weighted by Gasteiger charge is 2.28. The van der Waals surface area contributed by atoms with Gasteiger partial charge in [0.05, 0.1) is 6.61 Å². The van der Waals surface area contributed by atoms with E-state index in [0.29, 0.717) is 11.3 Å². The average molecular weight is 267 g/mol. The van der Waals surface area contributed by atoms with E-state index < -0.39 is 0 Å². The lowest BCUT2D eigenvalue weighted by Gasteiger charge is -2.32. The Morgan fingerprint density at radius 3 is 2.72 bits per heavy atom. The summed E-state index contributed by atoms with van der Waals surface area (Å²) in [4.78, 5) is 0. The molecule has 1 aliphatic rings. The molecule has 2 rings (SSSR count). The summed E-state index contributed by atoms with van der Waals surface area (Å²) in [5.41, 5.74) is 0. The van der Waals surface area contributed by atoms with Crippen LogP contribution in [0.25, 0.3) is 0 Å². The summed E-state index contributed by atoms with van der Waals surface area (Å²) in [6.45, 7) is 3.07. The molecule has 1 nitrogen and oxygen atoms in total. The van der Waals surface area contributed by atoms with Crippen LogP contribution in [-0.4, -0.2) is 12.0 Å². The first-order valence-corrected chi connectivity index (χ1v) is 7.55. The second-order valence-electron chi connectivity index (χ2n) is 5.31. The van der Waals surface area contributed by atoms with Gasteiger partial charge in [0.25, 0.3) is 0 Å². The van der Waals surface area contributed by atoms with Crippen molar-refractivity contribution in [2.45, 2.75) is 44.4 Å². The first-order valence-electron chi connectivity index (χ1n) is 7.11. The normalized spacial score (nSPS) is 28.0. The zero-order valence-corrected chi connectivity index (χ0v) is 11.9. The van der Waals surface area contributed by atoms with E-state index >= 15 is 0 Å². The lowest BCUT2D eigenvalue weighted by atomic mass is 9.78. The number of hydrogen-bond acceptors (Lipinski definition) is 1. The van der Waals surface area contributed by atoms with Crippen LogP contribution in [0.1, 0.15) is 39.0 Å². The number of alkyl halides is 1. The molecule has 3 atom stereocenters. The monoisotopic (exact) mass is 266 g/mol. The van der Waals surface area contributed by atoms with Crippen LogP contribution < -0.4 is 4.74 Å². The molecule has 0 bridgehead atoms. The van der Waals surface area contributed by atoms with Crippen LogP contribution in [-0.2, 0) is 0 Å². The first kappa shape index (κ1) is 13.7. The lowest BCUT2D eigenvalue weighted by molar-refractivity contribution is 0.211. The Morgan fingerprint density at radius 1 is 1.22 bits per heavy atom. The fraction of sp³-hybridized carbons (Fsp3) is 0.625. The maximum Gasteiger partial charge on any atom is 0.119 e. The molecule has 0 heterocycles. The van der Waals surface area contributed by atoms with Gasteiger partial charge in [0, 0.05) is 5.38 Å². The molecule has 1 aliphatic carbocycles. The Labute approximate surface area is 115 Å². The summed E-state index contributed by atoms with van der Waals surface area (Å²) in [7, 11) is 0. The van der Waals surface area contributed by atoms with E-state index in [1.165, 1.54) is 25.7 Å². The minimum absolute atomic E-state index is 0.354. The van der Waals surface area contributed by atoms with Crippen LogP contribution in [0.3, 0.4) is 0 Å². The van der Waals surface area contributed by atoms with Gasteiger partial charge >= 0.3 is 0 Å². The Hall–Kier alpha value is -0.690. The van der Waals surface area contributed by atoms with Gasteiger partial charge in [-0.05, 0) is 49.7 Å². The van der Waals surface area contributed by atoms with Crippen molar-refractivity contribution in [3.8, 4) is 5.75 Å². The van der Waals surface area contributed by atoms with Crippen LogP contribution in [0.2, 0.25) is 0 Å². The number of para-hydroxylation sites is 1. The van der Waals surface area contributed by atoms with Gasteiger partial charge in [-0.2, -0.15) is 0 Å². The SMILES string of the molecule is CCC1CCC(Cl)C(CCOc2ccccc2)C1. The quantitative estimate of drug-likeness (QED) is 0.690. The number of ether oxygens (including phenoxy) is 1. The van der Waals surface area contributed by atoms with Crippen molar-refractivity contribution in [2.75, 3.05) is 6.61 Å². The molecule has 1 aromatic carbocycles. The van der Waals surface area contributed by atoms with Crippen molar-refractivity contribution in [1.29, 1.82) is 0 Å². The van der Waals surface area contributed by atoms with E-state index in [1.54, 1.807) is 0 Å². The van der Waals surface area contributed by atoms with Crippen LogP contribution >= 0.6 is 11.6 Å². The Kier molecular flexibility index (Phi) is 5.37. The Bertz CT molecular complexity index is 338. The van der Waals surface area contributed by atoms with Gasteiger partial charge < -0.3 is 4.74 Å². The summed E-state index contributed by atoms with van der Waals surface area (Å²) >= 11 is 6.43. The summed E-state index contributed by atoms with van der Waals surface area (Å²) in [5, 5.41) is 0.354. The van der Waals surface area contributed by atoms with Crippen LogP contribution in [0.15, 0.2) is 30.3 Å². The minimum Gasteiger partial charge on any atom is -0.494 e. The van der Waals surface area contributed by atoms with E-state index in [2.05, 4.69) is 6.92 Å². The van der Waals surface area contributed by atoms with Crippen molar-refractivity contribution in [3.05, 3.63) is 30.3 Å². The van der Waals surface area contributed by atoms with Crippen molar-refractivity contribution >= 4 is 11.6 Å². The van der Waals surface area contributed by atoms with Crippen molar-refractivity contribution < 1.29 is 4.74 Å². The maximum atomic E-state index is 6.43. The Balaban J connectivity index is 1.75. The highest BCUT2D eigenvalue weighted by atomic mass is 35.5. The van der Waals surface area contributed by atoms with E-state index in [1.807, 2.05) is 30.3 Å². The molecule has 18 heavy (non-hydrogen) atoms. The molecule has 1 aromatic rings. The van der Waals surface area contributed by atoms with E-state index in [9.17, 15) is 0 Å². The molecule has 1 saturated carbocycles. The molecule has 0 aliphatic heterocycles. The molecule has 1 fully saturated rings. The molecule has 0 spiro atoms. The third-order valence-electron chi connectivity index (χ3n) is 4.08. The van der Waals surface area contributed by atoms with Gasteiger partial charge in [0.2, 0.25) is 0 Å². The number of rotatable bonds is 5. The first-order chi connectivity index (χ1) is 8.79. The predicted molar refractivity (Wildman–Crippen MR) is 77.3 cm³/mol. The van der Waals surface area contributed by atoms with E-state index in [-0.39, 0.29) is 0 Å². The molecule has 2 heteroatoms. The molecule has 0 amide bonds. The summed E-state index contributed by atoms with van der Waals surface area (Å²) in [6, 6.07) is 10.0. The molecule has 3 unspecified atom stereocenters. The predicted octanol–water partition coefficient (Wildman–Crippen LogP) is 4.89. The van der Waals surface area contributed by atoms with Gasteiger partial charge in [-0.1, -0.05) is 31.5 Å². The zero-order valence-electron chi connectivity index (χ0n) is 11.1. The molecular formula is C16H23ClO. The Morgan fingerprint density at radius 2 is 2.00 bits per heavy atom. The van der Waals surface area contributed by atoms with Gasteiger partial charge in [0.15, 0.2) is 0 Å². The molecular weight excluding hydrogens is 244 g/mol.